The molecular formula is C10H18O2. The molecule has 0 aliphatic heterocycles. The van der Waals surface area contributed by atoms with Gasteiger partial charge in [-0.05, 0) is 19.3 Å². The zero-order valence-corrected chi connectivity index (χ0v) is 7.59. The van der Waals surface area contributed by atoms with E-state index in [2.05, 4.69) is 6.58 Å². The Morgan fingerprint density at radius 3 is 2.50 bits per heavy atom. The summed E-state index contributed by atoms with van der Waals surface area (Å²) in [5, 5.41) is 8.41. The second kappa shape index (κ2) is 8.47. The van der Waals surface area contributed by atoms with E-state index < -0.39 is 0 Å². The molecule has 0 saturated heterocycles. The molecule has 0 aromatic heterocycles. The quantitative estimate of drug-likeness (QED) is 0.447. The summed E-state index contributed by atoms with van der Waals surface area (Å²) in [4.78, 5) is 10.6. The fourth-order valence-electron chi connectivity index (χ4n) is 1.04. The molecule has 0 rings (SSSR count). The average molecular weight is 170 g/mol. The fourth-order valence-corrected chi connectivity index (χ4v) is 1.04. The van der Waals surface area contributed by atoms with Crippen LogP contribution in [-0.2, 0) is 4.79 Å². The standard InChI is InChI=1S/C10H18O2/c1-2-3-4-5-6-7-8-10(12)9-11/h2,11H,1,3-9H2. The monoisotopic (exact) mass is 170 g/mol. The SMILES string of the molecule is C=CCCCCCCC(=O)CO. The van der Waals surface area contributed by atoms with Crippen LogP contribution >= 0.6 is 0 Å². The minimum atomic E-state index is -0.299. The zero-order chi connectivity index (χ0) is 9.23. The van der Waals surface area contributed by atoms with Gasteiger partial charge in [-0.2, -0.15) is 0 Å². The van der Waals surface area contributed by atoms with Gasteiger partial charge in [0.2, 0.25) is 0 Å². The Balaban J connectivity index is 3.00. The van der Waals surface area contributed by atoms with Crippen LogP contribution in [0.25, 0.3) is 0 Å². The van der Waals surface area contributed by atoms with Gasteiger partial charge in [0.1, 0.15) is 6.61 Å². The van der Waals surface area contributed by atoms with E-state index in [0.29, 0.717) is 6.42 Å². The minimum absolute atomic E-state index is 0.0429. The van der Waals surface area contributed by atoms with Crippen molar-refractivity contribution in [3.8, 4) is 0 Å². The van der Waals surface area contributed by atoms with Crippen molar-refractivity contribution in [2.45, 2.75) is 38.5 Å². The van der Waals surface area contributed by atoms with Crippen LogP contribution in [-0.4, -0.2) is 17.5 Å². The van der Waals surface area contributed by atoms with Crippen LogP contribution in [0, 0.1) is 0 Å². The van der Waals surface area contributed by atoms with Crippen LogP contribution in [0.15, 0.2) is 12.7 Å². The summed E-state index contributed by atoms with van der Waals surface area (Å²) in [6, 6.07) is 0. The summed E-state index contributed by atoms with van der Waals surface area (Å²) in [6.45, 7) is 3.33. The molecule has 0 aliphatic carbocycles. The Morgan fingerprint density at radius 1 is 1.25 bits per heavy atom. The Bertz CT molecular complexity index is 130. The van der Waals surface area contributed by atoms with Crippen molar-refractivity contribution in [1.82, 2.24) is 0 Å². The smallest absolute Gasteiger partial charge is 0.158 e. The van der Waals surface area contributed by atoms with Gasteiger partial charge in [0, 0.05) is 6.42 Å². The second-order valence-corrected chi connectivity index (χ2v) is 2.94. The predicted octanol–water partition coefficient (Wildman–Crippen LogP) is 2.07. The molecule has 2 heteroatoms. The van der Waals surface area contributed by atoms with Crippen LogP contribution in [0.4, 0.5) is 0 Å². The molecule has 0 spiro atoms. The summed E-state index contributed by atoms with van der Waals surface area (Å²) in [5.41, 5.74) is 0. The van der Waals surface area contributed by atoms with E-state index in [9.17, 15) is 4.79 Å². The predicted molar refractivity (Wildman–Crippen MR) is 50.0 cm³/mol. The molecule has 12 heavy (non-hydrogen) atoms. The summed E-state index contributed by atoms with van der Waals surface area (Å²) in [6.07, 6.45) is 7.83. The van der Waals surface area contributed by atoms with Crippen molar-refractivity contribution < 1.29 is 9.90 Å². The van der Waals surface area contributed by atoms with Gasteiger partial charge < -0.3 is 5.11 Å². The summed E-state index contributed by atoms with van der Waals surface area (Å²) in [7, 11) is 0. The van der Waals surface area contributed by atoms with E-state index in [-0.39, 0.29) is 12.4 Å². The third-order valence-corrected chi connectivity index (χ3v) is 1.79. The Labute approximate surface area is 74.3 Å². The van der Waals surface area contributed by atoms with Gasteiger partial charge in [0.15, 0.2) is 5.78 Å². The van der Waals surface area contributed by atoms with Gasteiger partial charge in [-0.3, -0.25) is 4.79 Å². The van der Waals surface area contributed by atoms with Crippen molar-refractivity contribution in [2.75, 3.05) is 6.61 Å². The molecule has 0 aromatic rings. The first-order chi connectivity index (χ1) is 5.81. The number of hydrogen-bond donors (Lipinski definition) is 1. The summed E-state index contributed by atoms with van der Waals surface area (Å²) >= 11 is 0. The largest absolute Gasteiger partial charge is 0.389 e. The van der Waals surface area contributed by atoms with Crippen molar-refractivity contribution in [3.63, 3.8) is 0 Å². The molecule has 0 aliphatic rings. The number of carbonyl (C=O) groups is 1. The average Bonchev–Trinajstić information content (AvgIpc) is 2.10. The lowest BCUT2D eigenvalue weighted by Gasteiger charge is -1.97. The normalized spacial score (nSPS) is 9.75. The van der Waals surface area contributed by atoms with E-state index in [0.717, 1.165) is 32.1 Å². The molecule has 1 N–H and O–H groups in total. The van der Waals surface area contributed by atoms with Gasteiger partial charge in [0.05, 0.1) is 0 Å². The molecule has 0 aromatic carbocycles. The summed E-state index contributed by atoms with van der Waals surface area (Å²) < 4.78 is 0. The third-order valence-electron chi connectivity index (χ3n) is 1.79. The number of aliphatic hydroxyl groups excluding tert-OH is 1. The van der Waals surface area contributed by atoms with Gasteiger partial charge in [0.25, 0.3) is 0 Å². The number of allylic oxidation sites excluding steroid dienone is 1. The maximum absolute atomic E-state index is 10.6. The minimum Gasteiger partial charge on any atom is -0.389 e. The number of ketones is 1. The summed E-state index contributed by atoms with van der Waals surface area (Å²) in [5.74, 6) is -0.0429. The molecule has 2 nitrogen and oxygen atoms in total. The first-order valence-corrected chi connectivity index (χ1v) is 4.54. The Hall–Kier alpha value is -0.630. The molecule has 70 valence electrons. The van der Waals surface area contributed by atoms with E-state index in [1.54, 1.807) is 0 Å². The zero-order valence-electron chi connectivity index (χ0n) is 7.59. The van der Waals surface area contributed by atoms with Crippen molar-refractivity contribution >= 4 is 5.78 Å². The maximum atomic E-state index is 10.6. The van der Waals surface area contributed by atoms with Gasteiger partial charge in [-0.25, -0.2) is 0 Å². The molecule has 0 saturated carbocycles. The van der Waals surface area contributed by atoms with Crippen molar-refractivity contribution in [1.29, 1.82) is 0 Å². The third kappa shape index (κ3) is 7.48. The van der Waals surface area contributed by atoms with Crippen LogP contribution in [0.5, 0.6) is 0 Å². The topological polar surface area (TPSA) is 37.3 Å². The number of unbranched alkanes of at least 4 members (excludes halogenated alkanes) is 4. The maximum Gasteiger partial charge on any atom is 0.158 e. The van der Waals surface area contributed by atoms with Crippen molar-refractivity contribution in [2.24, 2.45) is 0 Å². The second-order valence-electron chi connectivity index (χ2n) is 2.94. The number of hydrogen-bond acceptors (Lipinski definition) is 2. The fraction of sp³-hybridized carbons (Fsp3) is 0.700. The van der Waals surface area contributed by atoms with Gasteiger partial charge in [-0.15, -0.1) is 6.58 Å². The van der Waals surface area contributed by atoms with E-state index in [1.807, 2.05) is 6.08 Å². The number of carbonyl (C=O) groups excluding carboxylic acids is 1. The Morgan fingerprint density at radius 2 is 1.92 bits per heavy atom. The molecule has 0 unspecified atom stereocenters. The lowest BCUT2D eigenvalue weighted by molar-refractivity contribution is -0.121. The van der Waals surface area contributed by atoms with Gasteiger partial charge >= 0.3 is 0 Å². The molecule has 0 heterocycles. The molecule has 0 amide bonds. The van der Waals surface area contributed by atoms with Crippen molar-refractivity contribution in [3.05, 3.63) is 12.7 Å². The van der Waals surface area contributed by atoms with Crippen LogP contribution in [0.2, 0.25) is 0 Å². The highest BCUT2D eigenvalue weighted by Gasteiger charge is 1.97. The molecule has 0 bridgehead atoms. The highest BCUT2D eigenvalue weighted by atomic mass is 16.3. The highest BCUT2D eigenvalue weighted by molar-refractivity contribution is 5.79. The molecule has 0 radical (unpaired) electrons. The number of rotatable bonds is 8. The Kier molecular flexibility index (Phi) is 8.02. The number of Topliss-reactive ketones (excluding diaryl/α,β-unsaturated/α-hetero) is 1. The van der Waals surface area contributed by atoms with Crippen LogP contribution < -0.4 is 0 Å². The van der Waals surface area contributed by atoms with Crippen LogP contribution in [0.1, 0.15) is 38.5 Å². The number of aliphatic hydroxyl groups is 1. The van der Waals surface area contributed by atoms with E-state index in [4.69, 9.17) is 5.11 Å². The van der Waals surface area contributed by atoms with Gasteiger partial charge in [-0.1, -0.05) is 18.9 Å². The van der Waals surface area contributed by atoms with E-state index in [1.165, 1.54) is 0 Å². The molecule has 0 atom stereocenters. The lowest BCUT2D eigenvalue weighted by Crippen LogP contribution is -2.02. The van der Waals surface area contributed by atoms with Crippen LogP contribution in [0.3, 0.4) is 0 Å². The highest BCUT2D eigenvalue weighted by Crippen LogP contribution is 2.05. The molecular weight excluding hydrogens is 152 g/mol. The first kappa shape index (κ1) is 11.4. The first-order valence-electron chi connectivity index (χ1n) is 4.54. The molecule has 0 fully saturated rings. The lowest BCUT2D eigenvalue weighted by atomic mass is 10.1. The van der Waals surface area contributed by atoms with E-state index >= 15 is 0 Å².